The third-order valence-corrected chi connectivity index (χ3v) is 14.9. The van der Waals surface area contributed by atoms with Gasteiger partial charge in [-0.3, -0.25) is 0 Å². The van der Waals surface area contributed by atoms with E-state index in [-0.39, 0.29) is 26.1 Å². The van der Waals surface area contributed by atoms with Crippen molar-refractivity contribution < 1.29 is 32.6 Å². The second kappa shape index (κ2) is 28.5. The Morgan fingerprint density at radius 3 is 1.24 bits per heavy atom. The van der Waals surface area contributed by atoms with Crippen molar-refractivity contribution in [3.63, 3.8) is 0 Å². The molecule has 0 radical (unpaired) electrons. The van der Waals surface area contributed by atoms with E-state index in [1.807, 2.05) is 133 Å². The maximum Gasteiger partial charge on any atom is 0.495 e. The molecule has 9 aromatic carbocycles. The minimum absolute atomic E-state index is 0. The van der Waals surface area contributed by atoms with Crippen LogP contribution in [0.15, 0.2) is 218 Å². The number of furan rings is 3. The minimum atomic E-state index is -1.34. The Hall–Kier alpha value is -8.79. The first-order chi connectivity index (χ1) is 39.7. The van der Waals surface area contributed by atoms with Crippen LogP contribution >= 0.6 is 39.1 Å². The van der Waals surface area contributed by atoms with Gasteiger partial charge in [0.25, 0.3) is 0 Å². The van der Waals surface area contributed by atoms with Gasteiger partial charge in [0, 0.05) is 43.4 Å². The number of hydrogen-bond acceptors (Lipinski definition) is 7. The molecule has 7 nitrogen and oxygen atoms in total. The third-order valence-electron chi connectivity index (χ3n) is 13.7. The Kier molecular flexibility index (Phi) is 21.3. The zero-order valence-corrected chi connectivity index (χ0v) is 48.0. The van der Waals surface area contributed by atoms with E-state index in [1.54, 1.807) is 24.3 Å². The van der Waals surface area contributed by atoms with Crippen molar-refractivity contribution in [3.8, 4) is 82.5 Å². The molecule has 0 spiro atoms. The summed E-state index contributed by atoms with van der Waals surface area (Å²) >= 11 is 16.0. The predicted molar refractivity (Wildman–Crippen MR) is 356 cm³/mol. The lowest BCUT2D eigenvalue weighted by Crippen LogP contribution is -2.41. The van der Waals surface area contributed by atoms with Crippen molar-refractivity contribution in [1.29, 1.82) is 0 Å². The van der Waals surface area contributed by atoms with Gasteiger partial charge < -0.3 is 32.6 Å². The molecule has 84 heavy (non-hydrogen) atoms. The predicted octanol–water partition coefficient (Wildman–Crippen LogP) is 17.4. The van der Waals surface area contributed by atoms with Crippen LogP contribution in [0.2, 0.25) is 10.0 Å². The van der Waals surface area contributed by atoms with Crippen molar-refractivity contribution in [2.75, 3.05) is 0 Å². The lowest BCUT2D eigenvalue weighted by Gasteiger charge is -2.32. The van der Waals surface area contributed by atoms with Crippen LogP contribution in [0.5, 0.6) is 0 Å². The van der Waals surface area contributed by atoms with Crippen molar-refractivity contribution in [3.05, 3.63) is 215 Å². The number of rotatable bonds is 4. The fourth-order valence-electron chi connectivity index (χ4n) is 9.08. The summed E-state index contributed by atoms with van der Waals surface area (Å²) in [6.07, 6.45) is 9.62. The molecule has 0 bridgehead atoms. The van der Waals surface area contributed by atoms with Crippen LogP contribution in [0, 0.1) is 60.2 Å². The van der Waals surface area contributed by atoms with Gasteiger partial charge in [-0.15, -0.1) is 12.8 Å². The van der Waals surface area contributed by atoms with Crippen LogP contribution in [0.3, 0.4) is 0 Å². The Morgan fingerprint density at radius 2 is 0.798 bits per heavy atom. The average Bonchev–Trinajstić information content (AvgIpc) is 3.26. The molecule has 0 atom stereocenters. The Labute approximate surface area is 510 Å². The van der Waals surface area contributed by atoms with Gasteiger partial charge in [0.15, 0.2) is 5.58 Å². The zero-order chi connectivity index (χ0) is 57.8. The van der Waals surface area contributed by atoms with Crippen molar-refractivity contribution >= 4 is 130 Å². The van der Waals surface area contributed by atoms with Gasteiger partial charge in [0.05, 0.1) is 25.7 Å². The van der Waals surface area contributed by atoms with E-state index in [1.165, 1.54) is 0 Å². The summed E-state index contributed by atoms with van der Waals surface area (Å²) < 4.78 is 31.7. The molecule has 12 aromatic rings. The van der Waals surface area contributed by atoms with Crippen LogP contribution in [-0.4, -0.2) is 35.5 Å². The highest BCUT2D eigenvalue weighted by Crippen LogP contribution is 2.42. The molecule has 0 saturated carbocycles. The van der Waals surface area contributed by atoms with Crippen LogP contribution in [0.1, 0.15) is 42.5 Å². The van der Waals surface area contributed by atoms with Crippen molar-refractivity contribution in [2.45, 2.75) is 53.8 Å². The fourth-order valence-corrected chi connectivity index (χ4v) is 9.99. The van der Waals surface area contributed by atoms with Crippen LogP contribution < -0.4 is 10.9 Å². The fraction of sp³-hybridized carbons (Fsp3) is 0.111. The SMILES string of the molecule is C.C.C#CC#CC#CC#CC#C.CC1(C)OB(c2ccc(-c3ccccc3)c3oc4ccccc4c23)OC1(C)C.Clc1ccc(-c2ccccc2)c2oc3ccccc3c12.Clc1ccc(Br)c2oc3ccccc3c12.OB(O)c1ccccc1. The lowest BCUT2D eigenvalue weighted by molar-refractivity contribution is 0.00578. The van der Waals surface area contributed by atoms with Gasteiger partial charge in [0.1, 0.15) is 27.9 Å². The molecule has 3 aromatic heterocycles. The van der Waals surface area contributed by atoms with Gasteiger partial charge in [-0.05, 0) is 156 Å². The largest absolute Gasteiger partial charge is 0.495 e. The summed E-state index contributed by atoms with van der Waals surface area (Å²) in [6, 6.07) is 65.2. The number of benzene rings is 9. The molecule has 1 aliphatic rings. The summed E-state index contributed by atoms with van der Waals surface area (Å²) in [6.45, 7) is 8.32. The summed E-state index contributed by atoms with van der Waals surface area (Å²) in [5, 5.41) is 24.8. The highest BCUT2D eigenvalue weighted by atomic mass is 79.9. The van der Waals surface area contributed by atoms with E-state index in [9.17, 15) is 0 Å². The minimum Gasteiger partial charge on any atom is -0.455 e. The maximum atomic E-state index is 8.58. The molecule has 0 unspecified atom stereocenters. The molecule has 13 rings (SSSR count). The van der Waals surface area contributed by atoms with Crippen LogP contribution in [0.25, 0.3) is 88.1 Å². The van der Waals surface area contributed by atoms with E-state index in [2.05, 4.69) is 133 Å². The van der Waals surface area contributed by atoms with E-state index >= 15 is 0 Å². The Bertz CT molecular complexity index is 4490. The van der Waals surface area contributed by atoms with Gasteiger partial charge in [-0.25, -0.2) is 0 Å². The van der Waals surface area contributed by atoms with E-state index < -0.39 is 14.2 Å². The summed E-state index contributed by atoms with van der Waals surface area (Å²) in [4.78, 5) is 0. The number of halogens is 3. The van der Waals surface area contributed by atoms with Gasteiger partial charge in [-0.2, -0.15) is 0 Å². The first kappa shape index (κ1) is 62.8. The summed E-state index contributed by atoms with van der Waals surface area (Å²) in [7, 11) is -1.77. The summed E-state index contributed by atoms with van der Waals surface area (Å²) in [5.41, 5.74) is 10.3. The van der Waals surface area contributed by atoms with Gasteiger partial charge in [-0.1, -0.05) is 196 Å². The van der Waals surface area contributed by atoms with E-state index in [4.69, 9.17) is 68.7 Å². The summed E-state index contributed by atoms with van der Waals surface area (Å²) in [5.74, 6) is 18.4. The topological polar surface area (TPSA) is 98.3 Å². The molecule has 1 saturated heterocycles. The second-order valence-electron chi connectivity index (χ2n) is 19.4. The van der Waals surface area contributed by atoms with E-state index in [0.29, 0.717) is 5.46 Å². The lowest BCUT2D eigenvalue weighted by atomic mass is 9.75. The molecular weight excluding hydrogens is 1150 g/mol. The Balaban J connectivity index is 0.000000160. The number of terminal acetylenes is 2. The number of hydrogen-bond donors (Lipinski definition) is 2. The molecular formula is C72H57B2BrCl2O7. The number of para-hydroxylation sites is 3. The standard InChI is InChI=1S/C24H23BO3.C18H11ClO.C12H6BrClO.C10H2.C6H7BO2.2CH4/c1-23(2)24(3,4)28-25(27-23)19-15-14-17(16-10-6-5-7-11-16)22-21(19)18-12-8-9-13-20(18)26-22;19-15-11-10-13(12-6-2-1-3-7-12)18-17(15)14-8-4-5-9-16(14)20-18;13-8-5-6-9(14)11-7-3-1-2-4-10(7)15-12(8)11;1-3-5-7-9-10-8-6-4-2;8-7(9)6-4-2-1-3-5-6;;/h5-15H,1-4H3;1-11H;1-6H;1-2H;1-5,8-9H;2*1H4. The van der Waals surface area contributed by atoms with Gasteiger partial charge in [0.2, 0.25) is 0 Å². The molecule has 0 aliphatic carbocycles. The number of fused-ring (bicyclic) bond motifs is 9. The maximum absolute atomic E-state index is 8.58. The third kappa shape index (κ3) is 14.0. The molecule has 1 aliphatic heterocycles. The highest BCUT2D eigenvalue weighted by molar-refractivity contribution is 9.10. The van der Waals surface area contributed by atoms with Gasteiger partial charge >= 0.3 is 14.2 Å². The average molecular weight is 1210 g/mol. The molecule has 12 heteroatoms. The molecule has 4 heterocycles. The smallest absolute Gasteiger partial charge is 0.455 e. The molecule has 0 amide bonds. The first-order valence-electron chi connectivity index (χ1n) is 25.8. The molecule has 2 N–H and O–H groups in total. The van der Waals surface area contributed by atoms with Crippen LogP contribution in [-0.2, 0) is 9.31 Å². The second-order valence-corrected chi connectivity index (χ2v) is 21.0. The first-order valence-corrected chi connectivity index (χ1v) is 27.3. The molecule has 1 fully saturated rings. The van der Waals surface area contributed by atoms with E-state index in [0.717, 1.165) is 108 Å². The normalized spacial score (nSPS) is 12.2. The zero-order valence-electron chi connectivity index (χ0n) is 44.9. The van der Waals surface area contributed by atoms with Crippen LogP contribution in [0.4, 0.5) is 0 Å². The Morgan fingerprint density at radius 1 is 0.440 bits per heavy atom. The van der Waals surface area contributed by atoms with Crippen molar-refractivity contribution in [1.82, 2.24) is 0 Å². The quantitative estimate of drug-likeness (QED) is 0.134. The highest BCUT2D eigenvalue weighted by Gasteiger charge is 2.52. The van der Waals surface area contributed by atoms with Crippen molar-refractivity contribution in [2.24, 2.45) is 0 Å². The molecule has 414 valence electrons. The monoisotopic (exact) mass is 1200 g/mol.